The summed E-state index contributed by atoms with van der Waals surface area (Å²) in [5, 5.41) is 3.77. The molecule has 2 amide bonds. The van der Waals surface area contributed by atoms with Crippen molar-refractivity contribution >= 4 is 40.8 Å². The Kier molecular flexibility index (Phi) is 6.72. The van der Waals surface area contributed by atoms with Gasteiger partial charge in [0.1, 0.15) is 5.75 Å². The minimum absolute atomic E-state index is 0. The SMILES string of the molecule is Cl.O=C(CN1CCCCCC1=O)Nc1ccc(Oc2cccc3[nH]ccc23)nc1. The smallest absolute Gasteiger partial charge is 0.244 e. The van der Waals surface area contributed by atoms with E-state index < -0.39 is 0 Å². The van der Waals surface area contributed by atoms with E-state index in [4.69, 9.17) is 4.74 Å². The number of nitrogens with zero attached hydrogens (tertiary/aromatic N) is 2. The Morgan fingerprint density at radius 1 is 1.17 bits per heavy atom. The molecule has 0 unspecified atom stereocenters. The molecule has 3 heterocycles. The highest BCUT2D eigenvalue weighted by Gasteiger charge is 2.19. The molecule has 3 aromatic rings. The van der Waals surface area contributed by atoms with Gasteiger partial charge in [-0.25, -0.2) is 4.98 Å². The second-order valence-corrected chi connectivity index (χ2v) is 6.86. The van der Waals surface area contributed by atoms with E-state index in [-0.39, 0.29) is 30.8 Å². The minimum Gasteiger partial charge on any atom is -0.438 e. The summed E-state index contributed by atoms with van der Waals surface area (Å²) in [6.45, 7) is 0.717. The van der Waals surface area contributed by atoms with Gasteiger partial charge in [-0.15, -0.1) is 12.4 Å². The van der Waals surface area contributed by atoms with Crippen LogP contribution in [0.4, 0.5) is 5.69 Å². The standard InChI is InChI=1S/C21H22N4O3.ClH/c26-19(14-25-12-3-1-2-7-21(25)27)24-15-8-9-20(23-13-15)28-18-6-4-5-17-16(18)10-11-22-17;/h4-6,8-11,13,22H,1-3,7,12,14H2,(H,24,26);1H. The molecule has 8 heteroatoms. The molecule has 1 aliphatic heterocycles. The largest absolute Gasteiger partial charge is 0.438 e. The van der Waals surface area contributed by atoms with E-state index in [2.05, 4.69) is 15.3 Å². The molecule has 1 saturated heterocycles. The zero-order chi connectivity index (χ0) is 19.3. The third-order valence-electron chi connectivity index (χ3n) is 4.80. The maximum absolute atomic E-state index is 12.3. The minimum atomic E-state index is -0.220. The fourth-order valence-electron chi connectivity index (χ4n) is 3.35. The fraction of sp³-hybridized carbons (Fsp3) is 0.286. The second-order valence-electron chi connectivity index (χ2n) is 6.86. The summed E-state index contributed by atoms with van der Waals surface area (Å²) in [6.07, 6.45) is 6.81. The highest BCUT2D eigenvalue weighted by Crippen LogP contribution is 2.28. The van der Waals surface area contributed by atoms with Crippen molar-refractivity contribution in [3.63, 3.8) is 0 Å². The van der Waals surface area contributed by atoms with E-state index in [0.717, 1.165) is 30.2 Å². The molecule has 29 heavy (non-hydrogen) atoms. The first-order chi connectivity index (χ1) is 13.7. The van der Waals surface area contributed by atoms with Crippen LogP contribution in [0.25, 0.3) is 10.9 Å². The van der Waals surface area contributed by atoms with E-state index in [9.17, 15) is 9.59 Å². The van der Waals surface area contributed by atoms with Crippen molar-refractivity contribution in [2.24, 2.45) is 0 Å². The number of rotatable bonds is 5. The van der Waals surface area contributed by atoms with Gasteiger partial charge >= 0.3 is 0 Å². The number of hydrogen-bond acceptors (Lipinski definition) is 4. The maximum Gasteiger partial charge on any atom is 0.244 e. The van der Waals surface area contributed by atoms with Crippen molar-refractivity contribution in [1.82, 2.24) is 14.9 Å². The normalized spacial score (nSPS) is 14.2. The maximum atomic E-state index is 12.3. The van der Waals surface area contributed by atoms with E-state index in [0.29, 0.717) is 30.3 Å². The molecule has 152 valence electrons. The number of pyridine rings is 1. The molecule has 0 atom stereocenters. The van der Waals surface area contributed by atoms with Gasteiger partial charge in [-0.05, 0) is 37.1 Å². The summed E-state index contributed by atoms with van der Waals surface area (Å²) >= 11 is 0. The molecule has 0 spiro atoms. The summed E-state index contributed by atoms with van der Waals surface area (Å²) in [4.78, 5) is 33.3. The van der Waals surface area contributed by atoms with Gasteiger partial charge in [-0.2, -0.15) is 0 Å². The summed E-state index contributed by atoms with van der Waals surface area (Å²) < 4.78 is 5.86. The average Bonchev–Trinajstić information content (AvgIpc) is 3.09. The monoisotopic (exact) mass is 414 g/mol. The summed E-state index contributed by atoms with van der Waals surface area (Å²) in [5.74, 6) is 0.980. The van der Waals surface area contributed by atoms with Crippen LogP contribution in [-0.2, 0) is 9.59 Å². The highest BCUT2D eigenvalue weighted by molar-refractivity contribution is 5.94. The zero-order valence-electron chi connectivity index (χ0n) is 15.9. The van der Waals surface area contributed by atoms with Crippen LogP contribution in [0.2, 0.25) is 0 Å². The molecule has 0 saturated carbocycles. The fourth-order valence-corrected chi connectivity index (χ4v) is 3.35. The molecule has 1 aromatic carbocycles. The van der Waals surface area contributed by atoms with Crippen LogP contribution in [0.15, 0.2) is 48.8 Å². The summed E-state index contributed by atoms with van der Waals surface area (Å²) in [7, 11) is 0. The Hall–Kier alpha value is -3.06. The first-order valence-electron chi connectivity index (χ1n) is 9.47. The van der Waals surface area contributed by atoms with E-state index in [1.165, 1.54) is 0 Å². The first-order valence-corrected chi connectivity index (χ1v) is 9.47. The van der Waals surface area contributed by atoms with Crippen molar-refractivity contribution in [2.75, 3.05) is 18.4 Å². The number of ether oxygens (including phenoxy) is 1. The van der Waals surface area contributed by atoms with E-state index in [1.807, 2.05) is 30.5 Å². The quantitative estimate of drug-likeness (QED) is 0.657. The number of carbonyl (C=O) groups is 2. The van der Waals surface area contributed by atoms with Crippen LogP contribution < -0.4 is 10.1 Å². The predicted molar refractivity (Wildman–Crippen MR) is 114 cm³/mol. The molecule has 0 radical (unpaired) electrons. The van der Waals surface area contributed by atoms with Crippen molar-refractivity contribution in [3.05, 3.63) is 48.8 Å². The Bertz CT molecular complexity index is 987. The average molecular weight is 415 g/mol. The van der Waals surface area contributed by atoms with Gasteiger partial charge in [0.05, 0.1) is 18.4 Å². The van der Waals surface area contributed by atoms with Crippen molar-refractivity contribution < 1.29 is 14.3 Å². The van der Waals surface area contributed by atoms with Gasteiger partial charge in [-0.3, -0.25) is 9.59 Å². The number of amides is 2. The van der Waals surface area contributed by atoms with Crippen molar-refractivity contribution in [2.45, 2.75) is 25.7 Å². The summed E-state index contributed by atoms with van der Waals surface area (Å²) in [6, 6.07) is 11.2. The summed E-state index contributed by atoms with van der Waals surface area (Å²) in [5.41, 5.74) is 1.56. The number of hydrogen-bond donors (Lipinski definition) is 2. The third kappa shape index (κ3) is 5.06. The van der Waals surface area contributed by atoms with Crippen molar-refractivity contribution in [3.8, 4) is 11.6 Å². The van der Waals surface area contributed by atoms with Crippen LogP contribution in [-0.4, -0.2) is 39.8 Å². The molecule has 1 aliphatic rings. The lowest BCUT2D eigenvalue weighted by Gasteiger charge is -2.19. The predicted octanol–water partition coefficient (Wildman–Crippen LogP) is 4.12. The van der Waals surface area contributed by atoms with Gasteiger partial charge in [-0.1, -0.05) is 12.5 Å². The van der Waals surface area contributed by atoms with E-state index >= 15 is 0 Å². The Morgan fingerprint density at radius 2 is 2.07 bits per heavy atom. The molecule has 1 fully saturated rings. The number of benzene rings is 1. The molecule has 0 aliphatic carbocycles. The number of likely N-dealkylation sites (tertiary alicyclic amines) is 1. The van der Waals surface area contributed by atoms with Gasteiger partial charge in [0, 0.05) is 36.1 Å². The van der Waals surface area contributed by atoms with E-state index in [1.54, 1.807) is 23.2 Å². The number of nitrogens with one attached hydrogen (secondary N) is 2. The topological polar surface area (TPSA) is 87.3 Å². The third-order valence-corrected chi connectivity index (χ3v) is 4.80. The Labute approximate surface area is 174 Å². The van der Waals surface area contributed by atoms with Gasteiger partial charge in [0.2, 0.25) is 17.7 Å². The highest BCUT2D eigenvalue weighted by atomic mass is 35.5. The van der Waals surface area contributed by atoms with Crippen LogP contribution in [0.5, 0.6) is 11.6 Å². The Balaban J connectivity index is 0.00000240. The number of halogens is 1. The van der Waals surface area contributed by atoms with Gasteiger partial charge in [0.15, 0.2) is 0 Å². The molecular formula is C21H23ClN4O3. The van der Waals surface area contributed by atoms with Crippen LogP contribution in [0.3, 0.4) is 0 Å². The lowest BCUT2D eigenvalue weighted by Crippen LogP contribution is -2.37. The van der Waals surface area contributed by atoms with Crippen LogP contribution in [0.1, 0.15) is 25.7 Å². The second kappa shape index (κ2) is 9.43. The molecule has 4 rings (SSSR count). The molecule has 2 aromatic heterocycles. The lowest BCUT2D eigenvalue weighted by atomic mass is 10.2. The number of aromatic nitrogens is 2. The number of carbonyl (C=O) groups excluding carboxylic acids is 2. The molecule has 7 nitrogen and oxygen atoms in total. The zero-order valence-corrected chi connectivity index (χ0v) is 16.7. The number of fused-ring (bicyclic) bond motifs is 1. The molecule has 2 N–H and O–H groups in total. The van der Waals surface area contributed by atoms with Crippen molar-refractivity contribution in [1.29, 1.82) is 0 Å². The van der Waals surface area contributed by atoms with Gasteiger partial charge < -0.3 is 19.9 Å². The molecular weight excluding hydrogens is 392 g/mol. The number of aromatic amines is 1. The van der Waals surface area contributed by atoms with Crippen LogP contribution in [0, 0.1) is 0 Å². The lowest BCUT2D eigenvalue weighted by molar-refractivity contribution is -0.134. The number of anilines is 1. The molecule has 0 bridgehead atoms. The van der Waals surface area contributed by atoms with Gasteiger partial charge in [0.25, 0.3) is 0 Å². The Morgan fingerprint density at radius 3 is 2.90 bits per heavy atom. The number of H-pyrrole nitrogens is 1. The first kappa shape index (κ1) is 20.7. The van der Waals surface area contributed by atoms with Crippen LogP contribution >= 0.6 is 12.4 Å².